The Hall–Kier alpha value is -10.9. The average molecular weight is 1990 g/mol. The van der Waals surface area contributed by atoms with Crippen LogP contribution in [0.15, 0.2) is 125 Å². The molecule has 0 spiro atoms. The lowest BCUT2D eigenvalue weighted by molar-refractivity contribution is -0.368. The molecule has 6 aromatic carbocycles. The van der Waals surface area contributed by atoms with Crippen LogP contribution in [-0.2, 0) is 85.4 Å². The van der Waals surface area contributed by atoms with Crippen LogP contribution in [-0.4, -0.2) is 258 Å². The van der Waals surface area contributed by atoms with E-state index in [-0.39, 0.29) is 108 Å². The largest absolute Gasteiger partial charge is 0.502 e. The quantitative estimate of drug-likeness (QED) is 0.0288. The Morgan fingerprint density at radius 2 is 0.717 bits per heavy atom. The van der Waals surface area contributed by atoms with Gasteiger partial charge in [0.25, 0.3) is 0 Å². The maximum Gasteiger partial charge on any atom is 0.310 e. The lowest BCUT2D eigenvalue weighted by atomic mass is 9.66. The molecule has 0 saturated carbocycles. The molecular formula is C96H96O39S3. The number of hydrogen-bond donors (Lipinski definition) is 9. The van der Waals surface area contributed by atoms with Crippen LogP contribution >= 0.6 is 34.0 Å². The molecule has 9 saturated heterocycles. The summed E-state index contributed by atoms with van der Waals surface area (Å²) in [5.74, 6) is -22.3. The van der Waals surface area contributed by atoms with E-state index < -0.39 is 288 Å². The van der Waals surface area contributed by atoms with Crippen molar-refractivity contribution in [1.82, 2.24) is 0 Å². The zero-order valence-corrected chi connectivity index (χ0v) is 73.9. The zero-order valence-electron chi connectivity index (χ0n) is 92.5. The van der Waals surface area contributed by atoms with Crippen LogP contribution in [0.4, 0.5) is 0 Å². The summed E-state index contributed by atoms with van der Waals surface area (Å²) in [5.41, 5.74) is 0.614. The summed E-state index contributed by atoms with van der Waals surface area (Å²) >= 11 is 3.88. The molecule has 42 heteroatoms. The number of carbonyl (C=O) groups is 3. The number of hydrogen-bond acceptors (Lipinski definition) is 42. The molecule has 12 aliphatic heterocycles. The number of aliphatic hydroxyl groups is 6. The number of methoxy groups -OCH3 is 6. The summed E-state index contributed by atoms with van der Waals surface area (Å²) in [4.78, 5) is 43.1. The van der Waals surface area contributed by atoms with Gasteiger partial charge in [0.15, 0.2) is 107 Å². The fourth-order valence-corrected chi connectivity index (χ4v) is 21.9. The number of aromatic hydroxyl groups is 3. The van der Waals surface area contributed by atoms with Crippen molar-refractivity contribution in [3.05, 3.63) is 190 Å². The molecule has 732 valence electrons. The molecule has 30 atom stereocenters. The summed E-state index contributed by atoms with van der Waals surface area (Å²) in [6.45, 7) is -9.22. The number of cyclic esters (lactones) is 3. The van der Waals surface area contributed by atoms with Gasteiger partial charge in [0, 0.05) is 39.6 Å². The summed E-state index contributed by atoms with van der Waals surface area (Å²) < 4.78 is 327. The maximum atomic E-state index is 14.0. The molecule has 0 unspecified atom stereocenters. The minimum absolute atomic E-state index is 0.00345. The fourth-order valence-electron chi connectivity index (χ4n) is 19.8. The van der Waals surface area contributed by atoms with Crippen LogP contribution in [0.3, 0.4) is 0 Å². The Bertz CT molecular complexity index is 6920. The van der Waals surface area contributed by atoms with E-state index in [1.807, 2.05) is 0 Å². The lowest BCUT2D eigenvalue weighted by Crippen LogP contribution is -2.62. The van der Waals surface area contributed by atoms with Gasteiger partial charge in [-0.3, -0.25) is 14.4 Å². The molecule has 0 bridgehead atoms. The van der Waals surface area contributed by atoms with Crippen LogP contribution in [0.5, 0.6) is 86.2 Å². The SMILES string of the molecule is [2H]C([2H])([2H])Oc1cc([C@@H]2c3cc4c(cc3[C@@H](O[C@@H]3O[C@H]5[C@@H](O[C@H](c6cccs6)OC5([2H])[2H])[C@H](O)[C@H]3O)[C@H]3COC(=O)[C@H]23)OCO4)cc(OC([2H])([2H])[2H])c1O.[2H]C([2H])([2H])Oc1cc([C@]2([2H])c3cc4c(cc3[C@@H](O[C@@H]3O[C@@H]5CO[C@@H](c6cccs6)O[C@H]5[C@H](O)[C@H]3O)[C@H]3C([2H])([2H])OC(=O)[C@@]32[2H])OCO4)cc(OC([2H])([2H])[2H])c1O.[2H]C1([2H])O[C@@H](c2cccs2)O[C@H]2[C@H](O)[C@@H](O)[C@H](O[C@@H]3c4cc5c(cc4[C@@]([2H])(c4cc(OC)c(O)c(OC)c4)[C@H]4C(=O)OC[C@H]34)OCO5)O[C@@H]21. The van der Waals surface area contributed by atoms with Crippen molar-refractivity contribution < 1.29 is 217 Å². The predicted molar refractivity (Wildman–Crippen MR) is 468 cm³/mol. The Labute approximate surface area is 826 Å². The molecule has 15 heterocycles. The zero-order chi connectivity index (χ0) is 113. The number of thiophene rings is 3. The number of phenols is 3. The average Bonchev–Trinajstić information content (AvgIpc) is 1.51. The number of aliphatic hydroxyl groups excluding tert-OH is 6. The van der Waals surface area contributed by atoms with Gasteiger partial charge in [0.1, 0.15) is 73.2 Å². The Kier molecular flexibility index (Phi) is 19.3. The first-order valence-corrected chi connectivity index (χ1v) is 45.5. The van der Waals surface area contributed by atoms with Crippen molar-refractivity contribution in [3.8, 4) is 86.2 Å². The summed E-state index contributed by atoms with van der Waals surface area (Å²) in [5, 5.41) is 106. The normalized spacial score (nSPS) is 39.6. The van der Waals surface area contributed by atoms with E-state index in [1.54, 1.807) is 76.8 Å². The number of ether oxygens (including phenoxy) is 27. The van der Waals surface area contributed by atoms with Gasteiger partial charge in [-0.1, -0.05) is 18.2 Å². The number of rotatable bonds is 18. The van der Waals surface area contributed by atoms with Gasteiger partial charge in [0.2, 0.25) is 37.6 Å². The van der Waals surface area contributed by atoms with E-state index in [4.69, 9.17) is 153 Å². The minimum Gasteiger partial charge on any atom is -0.502 e. The highest BCUT2D eigenvalue weighted by molar-refractivity contribution is 7.10. The Balaban J connectivity index is 0.000000133. The highest BCUT2D eigenvalue weighted by Crippen LogP contribution is 2.63. The lowest BCUT2D eigenvalue weighted by Gasteiger charge is -2.48. The number of benzene rings is 6. The topological polar surface area (TPSA) is 482 Å². The van der Waals surface area contributed by atoms with Gasteiger partial charge in [-0.25, -0.2) is 0 Å². The second-order valence-corrected chi connectivity index (χ2v) is 36.6. The molecule has 0 radical (unpaired) electrons. The Morgan fingerprint density at radius 3 is 1.14 bits per heavy atom. The van der Waals surface area contributed by atoms with Gasteiger partial charge in [-0.2, -0.15) is 0 Å². The molecule has 3 aromatic heterocycles. The first-order valence-electron chi connectivity index (χ1n) is 53.4. The minimum atomic E-state index is -3.26. The highest BCUT2D eigenvalue weighted by Gasteiger charge is 2.62. The summed E-state index contributed by atoms with van der Waals surface area (Å²) in [7, 11) is -9.99. The molecule has 9 N–H and O–H groups in total. The van der Waals surface area contributed by atoms with Gasteiger partial charge in [0.05, 0.1) is 157 Å². The van der Waals surface area contributed by atoms with Gasteiger partial charge >= 0.3 is 17.9 Å². The third kappa shape index (κ3) is 16.1. The number of carbonyl (C=O) groups excluding carboxylic acids is 3. The van der Waals surface area contributed by atoms with E-state index in [9.17, 15) is 64.5 Å². The van der Waals surface area contributed by atoms with Crippen LogP contribution in [0.25, 0.3) is 0 Å². The predicted octanol–water partition coefficient (Wildman–Crippen LogP) is 8.26. The third-order valence-electron chi connectivity index (χ3n) is 26.3. The van der Waals surface area contributed by atoms with E-state index in [2.05, 4.69) is 0 Å². The van der Waals surface area contributed by atoms with Crippen LogP contribution in [0.1, 0.15) is 148 Å². The Morgan fingerprint density at radius 1 is 0.362 bits per heavy atom. The van der Waals surface area contributed by atoms with Gasteiger partial charge in [-0.05, 0) is 157 Å². The molecule has 9 aromatic rings. The summed E-state index contributed by atoms with van der Waals surface area (Å²) in [6.07, 6.45) is -30.7. The highest BCUT2D eigenvalue weighted by atomic mass is 32.1. The van der Waals surface area contributed by atoms with Crippen LogP contribution in [0, 0.1) is 35.5 Å². The molecule has 15 aliphatic rings. The molecule has 3 aliphatic carbocycles. The van der Waals surface area contributed by atoms with E-state index in [0.717, 1.165) is 24.3 Å². The molecule has 0 amide bonds. The van der Waals surface area contributed by atoms with Crippen LogP contribution < -0.4 is 56.8 Å². The molecule has 9 fully saturated rings. The monoisotopic (exact) mass is 1990 g/mol. The smallest absolute Gasteiger partial charge is 0.310 e. The number of esters is 3. The standard InChI is InChI=1S/3C32H32O13S/c3*1-37-19-6-13(7-20(38-2)25(19)33)23-14-8-17-18(42-12-41-17)9-15(14)28(16-10-39-30(36)24(16)23)44-32-27(35)26(34)29-21(43-32)11-40-31(45-29)22-4-3-5-46-22/h3*3-9,16,21,23-24,26-29,31-35H,10-12H2,1-2H3/t3*16-,21+,23+,24-,26+,27+,28+,29+,31+,32-/m000/s1/i1D3,2D3,10D2,23D,24D;1D3,2D3,11D2;11D2,23D. The number of fused-ring (bicyclic) bond motifs is 12. The van der Waals surface area contributed by atoms with E-state index in [1.165, 1.54) is 72.5 Å². The van der Waals surface area contributed by atoms with Gasteiger partial charge < -0.3 is 174 Å². The third-order valence-corrected chi connectivity index (χ3v) is 29.0. The first kappa shape index (κ1) is 70.7. The van der Waals surface area contributed by atoms with E-state index in [0.29, 0.717) is 42.8 Å². The van der Waals surface area contributed by atoms with Crippen molar-refractivity contribution in [3.63, 3.8) is 0 Å². The molecule has 138 heavy (non-hydrogen) atoms. The van der Waals surface area contributed by atoms with Crippen molar-refractivity contribution in [2.45, 2.75) is 147 Å². The number of phenolic OH excluding ortho intramolecular Hbond substituents is 3. The van der Waals surface area contributed by atoms with Crippen LogP contribution in [0.2, 0.25) is 0 Å². The van der Waals surface area contributed by atoms with E-state index >= 15 is 0 Å². The second kappa shape index (κ2) is 37.6. The van der Waals surface area contributed by atoms with Crippen molar-refractivity contribution in [2.75, 3.05) is 102 Å². The van der Waals surface area contributed by atoms with Gasteiger partial charge in [-0.15, -0.1) is 34.0 Å². The van der Waals surface area contributed by atoms with Crippen molar-refractivity contribution >= 4 is 51.9 Å². The molecular weight excluding hydrogens is 1870 g/mol. The summed E-state index contributed by atoms with van der Waals surface area (Å²) in [6, 6.07) is 25.9. The fraction of sp³-hybridized carbons (Fsp3) is 0.469. The molecule has 39 nitrogen and oxygen atoms in total. The maximum absolute atomic E-state index is 14.0. The van der Waals surface area contributed by atoms with Crippen molar-refractivity contribution in [1.29, 1.82) is 0 Å². The second-order valence-electron chi connectivity index (χ2n) is 33.7. The molecule has 24 rings (SSSR count). The first-order chi connectivity index (χ1) is 75.0. The van der Waals surface area contributed by atoms with Crippen molar-refractivity contribution in [2.24, 2.45) is 35.5 Å².